The van der Waals surface area contributed by atoms with E-state index in [2.05, 4.69) is 26.0 Å². The minimum atomic E-state index is -3.77. The first-order valence-corrected chi connectivity index (χ1v) is 6.84. The molecule has 0 amide bonds. The summed E-state index contributed by atoms with van der Waals surface area (Å²) in [5.74, 6) is -0.772. The summed E-state index contributed by atoms with van der Waals surface area (Å²) < 4.78 is 39.5. The Morgan fingerprint density at radius 3 is 2.62 bits per heavy atom. The first kappa shape index (κ1) is 13.6. The lowest BCUT2D eigenvalue weighted by atomic mass is 10.3. The van der Waals surface area contributed by atoms with E-state index in [4.69, 9.17) is 0 Å². The molecule has 0 saturated carbocycles. The molecule has 16 heavy (non-hydrogen) atoms. The monoisotopic (exact) mass is 310 g/mol. The van der Waals surface area contributed by atoms with Crippen LogP contribution in [0.1, 0.15) is 0 Å². The van der Waals surface area contributed by atoms with Crippen molar-refractivity contribution in [1.82, 2.24) is 10.0 Å². The number of nitrogens with one attached hydrogen (secondary N) is 2. The highest BCUT2D eigenvalue weighted by atomic mass is 79.9. The smallest absolute Gasteiger partial charge is 0.243 e. The van der Waals surface area contributed by atoms with E-state index in [1.807, 2.05) is 0 Å². The fraction of sp³-hybridized carbons (Fsp3) is 0.333. The van der Waals surface area contributed by atoms with E-state index in [-0.39, 0.29) is 11.4 Å². The van der Waals surface area contributed by atoms with Crippen molar-refractivity contribution >= 4 is 26.0 Å². The number of halogens is 2. The van der Waals surface area contributed by atoms with E-state index in [9.17, 15) is 12.8 Å². The molecule has 0 saturated heterocycles. The summed E-state index contributed by atoms with van der Waals surface area (Å²) in [7, 11) is -2.06. The fourth-order valence-corrected chi connectivity index (χ4v) is 2.50. The van der Waals surface area contributed by atoms with Gasteiger partial charge in [0, 0.05) is 17.6 Å². The van der Waals surface area contributed by atoms with Crippen molar-refractivity contribution in [2.75, 3.05) is 20.1 Å². The minimum Gasteiger partial charge on any atom is -0.318 e. The number of rotatable bonds is 5. The Balaban J connectivity index is 2.90. The molecule has 0 atom stereocenters. The molecule has 0 aliphatic heterocycles. The van der Waals surface area contributed by atoms with Gasteiger partial charge in [0.15, 0.2) is 0 Å². The van der Waals surface area contributed by atoms with E-state index in [1.165, 1.54) is 12.1 Å². The Kier molecular flexibility index (Phi) is 4.85. The Labute approximate surface area is 102 Å². The van der Waals surface area contributed by atoms with Crippen molar-refractivity contribution in [2.45, 2.75) is 4.90 Å². The average molecular weight is 311 g/mol. The molecule has 1 rings (SSSR count). The van der Waals surface area contributed by atoms with Crippen LogP contribution >= 0.6 is 15.9 Å². The lowest BCUT2D eigenvalue weighted by molar-refractivity contribution is 0.555. The zero-order valence-corrected chi connectivity index (χ0v) is 11.0. The maximum absolute atomic E-state index is 13.4. The summed E-state index contributed by atoms with van der Waals surface area (Å²) in [6.45, 7) is 0.700. The van der Waals surface area contributed by atoms with Crippen molar-refractivity contribution in [3.8, 4) is 0 Å². The second-order valence-electron chi connectivity index (χ2n) is 3.08. The highest BCUT2D eigenvalue weighted by molar-refractivity contribution is 9.10. The van der Waals surface area contributed by atoms with Gasteiger partial charge in [-0.1, -0.05) is 15.9 Å². The van der Waals surface area contributed by atoms with Crippen molar-refractivity contribution in [2.24, 2.45) is 0 Å². The van der Waals surface area contributed by atoms with Gasteiger partial charge < -0.3 is 5.32 Å². The van der Waals surface area contributed by atoms with Gasteiger partial charge in [0.05, 0.1) is 0 Å². The summed E-state index contributed by atoms with van der Waals surface area (Å²) in [5.41, 5.74) is 0. The van der Waals surface area contributed by atoms with Crippen LogP contribution in [0.5, 0.6) is 0 Å². The van der Waals surface area contributed by atoms with Crippen LogP contribution in [-0.2, 0) is 10.0 Å². The molecule has 1 aromatic carbocycles. The molecule has 0 fully saturated rings. The standard InChI is InChI=1S/C9H12BrFN2O2S/c1-12-4-5-13-16(14,15)9-3-2-7(10)6-8(9)11/h2-3,6,12-13H,4-5H2,1H3. The fourth-order valence-electron chi connectivity index (χ4n) is 1.08. The molecule has 0 radical (unpaired) electrons. The Morgan fingerprint density at radius 2 is 2.06 bits per heavy atom. The summed E-state index contributed by atoms with van der Waals surface area (Å²) in [6.07, 6.45) is 0. The molecular formula is C9H12BrFN2O2S. The minimum absolute atomic E-state index is 0.217. The zero-order valence-electron chi connectivity index (χ0n) is 8.63. The van der Waals surface area contributed by atoms with Crippen LogP contribution in [-0.4, -0.2) is 28.6 Å². The van der Waals surface area contributed by atoms with Crippen molar-refractivity contribution in [3.05, 3.63) is 28.5 Å². The van der Waals surface area contributed by atoms with E-state index in [0.29, 0.717) is 11.0 Å². The van der Waals surface area contributed by atoms with Gasteiger partial charge in [0.1, 0.15) is 10.7 Å². The molecule has 0 aliphatic carbocycles. The SMILES string of the molecule is CNCCNS(=O)(=O)c1ccc(Br)cc1F. The van der Waals surface area contributed by atoms with Gasteiger partial charge in [-0.3, -0.25) is 0 Å². The molecule has 0 unspecified atom stereocenters. The number of benzene rings is 1. The second-order valence-corrected chi connectivity index (χ2v) is 5.73. The van der Waals surface area contributed by atoms with Crippen LogP contribution < -0.4 is 10.0 Å². The van der Waals surface area contributed by atoms with E-state index in [0.717, 1.165) is 6.07 Å². The van der Waals surface area contributed by atoms with Gasteiger partial charge in [-0.2, -0.15) is 0 Å². The molecule has 7 heteroatoms. The van der Waals surface area contributed by atoms with Crippen molar-refractivity contribution in [3.63, 3.8) is 0 Å². The molecule has 90 valence electrons. The highest BCUT2D eigenvalue weighted by Gasteiger charge is 2.18. The molecule has 0 heterocycles. The summed E-state index contributed by atoms with van der Waals surface area (Å²) in [4.78, 5) is -0.341. The molecular weight excluding hydrogens is 299 g/mol. The Morgan fingerprint density at radius 1 is 1.38 bits per heavy atom. The Bertz CT molecular complexity index is 465. The molecule has 1 aromatic rings. The summed E-state index contributed by atoms with van der Waals surface area (Å²) in [6, 6.07) is 3.82. The maximum Gasteiger partial charge on any atom is 0.243 e. The second kappa shape index (κ2) is 5.72. The molecule has 0 bridgehead atoms. The topological polar surface area (TPSA) is 58.2 Å². The molecule has 0 aromatic heterocycles. The van der Waals surface area contributed by atoms with E-state index in [1.54, 1.807) is 7.05 Å². The first-order valence-electron chi connectivity index (χ1n) is 4.56. The largest absolute Gasteiger partial charge is 0.318 e. The number of hydrogen-bond donors (Lipinski definition) is 2. The average Bonchev–Trinajstić information content (AvgIpc) is 2.17. The van der Waals surface area contributed by atoms with Crippen LogP contribution in [0.4, 0.5) is 4.39 Å². The number of likely N-dealkylation sites (N-methyl/N-ethyl adjacent to an activating group) is 1. The van der Waals surface area contributed by atoms with Gasteiger partial charge in [0.25, 0.3) is 0 Å². The lowest BCUT2D eigenvalue weighted by Crippen LogP contribution is -2.31. The van der Waals surface area contributed by atoms with E-state index >= 15 is 0 Å². The molecule has 0 spiro atoms. The predicted molar refractivity (Wildman–Crippen MR) is 63.2 cm³/mol. The van der Waals surface area contributed by atoms with Crippen LogP contribution in [0.25, 0.3) is 0 Å². The number of sulfonamides is 1. The van der Waals surface area contributed by atoms with Gasteiger partial charge >= 0.3 is 0 Å². The third-order valence-electron chi connectivity index (χ3n) is 1.85. The molecule has 2 N–H and O–H groups in total. The van der Waals surface area contributed by atoms with Crippen molar-refractivity contribution in [1.29, 1.82) is 0 Å². The van der Waals surface area contributed by atoms with Crippen LogP contribution in [0, 0.1) is 5.82 Å². The third kappa shape index (κ3) is 3.51. The highest BCUT2D eigenvalue weighted by Crippen LogP contribution is 2.18. The van der Waals surface area contributed by atoms with Gasteiger partial charge in [0.2, 0.25) is 10.0 Å². The van der Waals surface area contributed by atoms with E-state index < -0.39 is 15.8 Å². The van der Waals surface area contributed by atoms with Crippen LogP contribution in [0.3, 0.4) is 0 Å². The summed E-state index contributed by atoms with van der Waals surface area (Å²) in [5, 5.41) is 2.79. The van der Waals surface area contributed by atoms with Crippen LogP contribution in [0.2, 0.25) is 0 Å². The van der Waals surface area contributed by atoms with Crippen LogP contribution in [0.15, 0.2) is 27.6 Å². The summed E-state index contributed by atoms with van der Waals surface area (Å²) >= 11 is 3.06. The first-order chi connectivity index (χ1) is 7.47. The third-order valence-corrected chi connectivity index (χ3v) is 3.84. The lowest BCUT2D eigenvalue weighted by Gasteiger charge is -2.07. The Hall–Kier alpha value is -0.500. The normalized spacial score (nSPS) is 11.7. The van der Waals surface area contributed by atoms with Gasteiger partial charge in [-0.25, -0.2) is 17.5 Å². The maximum atomic E-state index is 13.4. The predicted octanol–water partition coefficient (Wildman–Crippen LogP) is 1.09. The zero-order chi connectivity index (χ0) is 12.2. The van der Waals surface area contributed by atoms with Crippen molar-refractivity contribution < 1.29 is 12.8 Å². The molecule has 4 nitrogen and oxygen atoms in total. The van der Waals surface area contributed by atoms with Gasteiger partial charge in [-0.15, -0.1) is 0 Å². The molecule has 0 aliphatic rings. The van der Waals surface area contributed by atoms with Gasteiger partial charge in [-0.05, 0) is 25.2 Å². The quantitative estimate of drug-likeness (QED) is 0.800. The number of hydrogen-bond acceptors (Lipinski definition) is 3.